The average molecular weight is 287 g/mol. The Morgan fingerprint density at radius 3 is 1.71 bits per heavy atom. The maximum atomic E-state index is 2.57. The second-order valence-electron chi connectivity index (χ2n) is 9.08. The van der Waals surface area contributed by atoms with Gasteiger partial charge in [0.2, 0.25) is 0 Å². The maximum Gasteiger partial charge on any atom is -0.00913 e. The highest BCUT2D eigenvalue weighted by atomic mass is 14.3. The quantitative estimate of drug-likeness (QED) is 0.495. The van der Waals surface area contributed by atoms with Crippen LogP contribution in [0.5, 0.6) is 0 Å². The minimum absolute atomic E-state index is 0.274. The molecule has 2 rings (SSSR count). The van der Waals surface area contributed by atoms with Gasteiger partial charge in [-0.25, -0.2) is 0 Å². The van der Waals surface area contributed by atoms with E-state index in [1.807, 2.05) is 0 Å². The van der Waals surface area contributed by atoms with E-state index in [0.29, 0.717) is 0 Å². The van der Waals surface area contributed by atoms with E-state index in [9.17, 15) is 0 Å². The molecule has 0 bridgehead atoms. The normalized spacial score (nSPS) is 21.9. The summed E-state index contributed by atoms with van der Waals surface area (Å²) in [5.74, 6) is 0.807. The van der Waals surface area contributed by atoms with Gasteiger partial charge in [-0.3, -0.25) is 0 Å². The molecular weight excluding hydrogens is 252 g/mol. The van der Waals surface area contributed by atoms with Crippen molar-refractivity contribution in [2.24, 2.45) is 16.7 Å². The lowest BCUT2D eigenvalue weighted by Crippen LogP contribution is -2.19. The predicted octanol–water partition coefficient (Wildman–Crippen LogP) is 6.84. The Kier molecular flexibility index (Phi) is 4.85. The highest BCUT2D eigenvalue weighted by Gasteiger charge is 2.26. The third-order valence-electron chi connectivity index (χ3n) is 5.07. The van der Waals surface area contributed by atoms with E-state index < -0.39 is 0 Å². The summed E-state index contributed by atoms with van der Waals surface area (Å²) >= 11 is 0. The molecule has 118 valence electrons. The number of rotatable bonds is 1. The lowest BCUT2D eigenvalue weighted by Gasteiger charge is -2.33. The standard InChI is InChI=1S/C21H34/c1-20(2,3)18-13-17(12-16-10-8-7-9-11-16)14-19(15-18)21(4,5)6/h12-14,16H,7-11,15H2,1-6H3. The van der Waals surface area contributed by atoms with E-state index in [1.54, 1.807) is 11.1 Å². The minimum Gasteiger partial charge on any atom is -0.0741 e. The van der Waals surface area contributed by atoms with E-state index in [4.69, 9.17) is 0 Å². The van der Waals surface area contributed by atoms with Crippen LogP contribution in [-0.4, -0.2) is 0 Å². The van der Waals surface area contributed by atoms with E-state index in [-0.39, 0.29) is 10.8 Å². The van der Waals surface area contributed by atoms with Crippen LogP contribution in [0.1, 0.15) is 80.1 Å². The molecule has 21 heavy (non-hydrogen) atoms. The van der Waals surface area contributed by atoms with Crippen LogP contribution in [0.2, 0.25) is 0 Å². The highest BCUT2D eigenvalue weighted by Crippen LogP contribution is 2.41. The number of hydrogen-bond donors (Lipinski definition) is 0. The molecule has 0 N–H and O–H groups in total. The molecule has 0 aliphatic heterocycles. The second kappa shape index (κ2) is 6.15. The van der Waals surface area contributed by atoms with Gasteiger partial charge in [0.05, 0.1) is 0 Å². The second-order valence-corrected chi connectivity index (χ2v) is 9.08. The van der Waals surface area contributed by atoms with Gasteiger partial charge in [0.1, 0.15) is 0 Å². The minimum atomic E-state index is 0.274. The van der Waals surface area contributed by atoms with Crippen molar-refractivity contribution in [3.63, 3.8) is 0 Å². The van der Waals surface area contributed by atoms with Crippen molar-refractivity contribution >= 4 is 0 Å². The van der Waals surface area contributed by atoms with E-state index in [0.717, 1.165) is 12.3 Å². The first-order valence-electron chi connectivity index (χ1n) is 8.80. The van der Waals surface area contributed by atoms with Crippen molar-refractivity contribution in [3.05, 3.63) is 34.9 Å². The summed E-state index contributed by atoms with van der Waals surface area (Å²) in [6.45, 7) is 14.1. The fraction of sp³-hybridized carbons (Fsp3) is 0.714. The lowest BCUT2D eigenvalue weighted by molar-refractivity contribution is 0.417. The van der Waals surface area contributed by atoms with Gasteiger partial charge in [-0.1, -0.05) is 90.2 Å². The molecule has 1 saturated carbocycles. The Labute approximate surface area is 132 Å². The molecule has 1 fully saturated rings. The Bertz CT molecular complexity index is 419. The van der Waals surface area contributed by atoms with E-state index in [2.05, 4.69) is 59.8 Å². The molecule has 0 amide bonds. The molecule has 0 saturated heterocycles. The molecule has 0 radical (unpaired) electrons. The van der Waals surface area contributed by atoms with Crippen LogP contribution in [0.3, 0.4) is 0 Å². The van der Waals surface area contributed by atoms with Gasteiger partial charge in [-0.05, 0) is 41.6 Å². The lowest BCUT2D eigenvalue weighted by atomic mass is 9.72. The fourth-order valence-electron chi connectivity index (χ4n) is 3.38. The zero-order valence-electron chi connectivity index (χ0n) is 15.1. The van der Waals surface area contributed by atoms with Gasteiger partial charge >= 0.3 is 0 Å². The molecule has 0 aromatic rings. The van der Waals surface area contributed by atoms with Crippen molar-refractivity contribution in [2.45, 2.75) is 80.1 Å². The Morgan fingerprint density at radius 1 is 0.810 bits per heavy atom. The first-order valence-corrected chi connectivity index (χ1v) is 8.80. The summed E-state index contributed by atoms with van der Waals surface area (Å²) in [7, 11) is 0. The van der Waals surface area contributed by atoms with Gasteiger partial charge in [0.15, 0.2) is 0 Å². The van der Waals surface area contributed by atoms with Gasteiger partial charge in [-0.15, -0.1) is 0 Å². The summed E-state index contributed by atoms with van der Waals surface area (Å²) in [5.41, 5.74) is 5.21. The molecule has 0 nitrogen and oxygen atoms in total. The van der Waals surface area contributed by atoms with E-state index in [1.165, 1.54) is 37.7 Å². The van der Waals surface area contributed by atoms with Crippen molar-refractivity contribution < 1.29 is 0 Å². The summed E-state index contributed by atoms with van der Waals surface area (Å²) in [4.78, 5) is 0. The Hall–Kier alpha value is -0.780. The first kappa shape index (κ1) is 16.6. The van der Waals surface area contributed by atoms with Crippen LogP contribution in [0.4, 0.5) is 0 Å². The van der Waals surface area contributed by atoms with Gasteiger partial charge in [0, 0.05) is 0 Å². The molecule has 0 heteroatoms. The number of allylic oxidation sites excluding steroid dienone is 6. The number of hydrogen-bond acceptors (Lipinski definition) is 0. The molecule has 0 spiro atoms. The predicted molar refractivity (Wildman–Crippen MR) is 94.4 cm³/mol. The molecule has 0 aromatic carbocycles. The summed E-state index contributed by atoms with van der Waals surface area (Å²) in [6, 6.07) is 0. The van der Waals surface area contributed by atoms with Crippen molar-refractivity contribution in [1.29, 1.82) is 0 Å². The molecule has 0 unspecified atom stereocenters. The zero-order chi connectivity index (χ0) is 15.7. The molecule has 2 aliphatic carbocycles. The Balaban J connectivity index is 2.30. The third kappa shape index (κ3) is 4.59. The Morgan fingerprint density at radius 2 is 1.29 bits per heavy atom. The molecule has 2 aliphatic rings. The largest absolute Gasteiger partial charge is 0.0741 e. The van der Waals surface area contributed by atoms with Gasteiger partial charge in [0.25, 0.3) is 0 Å². The SMILES string of the molecule is CC(C)(C)C1=CC(=CC2CCCCC2)C=C(C(C)(C)C)C1. The van der Waals surface area contributed by atoms with Crippen LogP contribution in [0.25, 0.3) is 0 Å². The van der Waals surface area contributed by atoms with Gasteiger partial charge in [-0.2, -0.15) is 0 Å². The monoisotopic (exact) mass is 286 g/mol. The topological polar surface area (TPSA) is 0 Å². The van der Waals surface area contributed by atoms with Gasteiger partial charge < -0.3 is 0 Å². The van der Waals surface area contributed by atoms with Crippen molar-refractivity contribution in [1.82, 2.24) is 0 Å². The van der Waals surface area contributed by atoms with Crippen LogP contribution < -0.4 is 0 Å². The summed E-state index contributed by atoms with van der Waals surface area (Å²) in [6.07, 6.45) is 15.7. The molecule has 0 heterocycles. The van der Waals surface area contributed by atoms with Crippen molar-refractivity contribution in [2.75, 3.05) is 0 Å². The molecule has 0 aromatic heterocycles. The van der Waals surface area contributed by atoms with E-state index >= 15 is 0 Å². The summed E-state index contributed by atoms with van der Waals surface area (Å²) < 4.78 is 0. The highest BCUT2D eigenvalue weighted by molar-refractivity contribution is 5.45. The zero-order valence-corrected chi connectivity index (χ0v) is 15.1. The third-order valence-corrected chi connectivity index (χ3v) is 5.07. The average Bonchev–Trinajstić information content (AvgIpc) is 2.37. The van der Waals surface area contributed by atoms with Crippen LogP contribution in [0, 0.1) is 16.7 Å². The maximum absolute atomic E-state index is 2.57. The molecular formula is C21H34. The van der Waals surface area contributed by atoms with Crippen molar-refractivity contribution in [3.8, 4) is 0 Å². The van der Waals surface area contributed by atoms with Crippen LogP contribution >= 0.6 is 0 Å². The smallest absolute Gasteiger partial charge is 0.00913 e. The fourth-order valence-corrected chi connectivity index (χ4v) is 3.38. The first-order chi connectivity index (χ1) is 9.66. The summed E-state index contributed by atoms with van der Waals surface area (Å²) in [5, 5.41) is 0. The van der Waals surface area contributed by atoms with Crippen LogP contribution in [0.15, 0.2) is 34.9 Å². The van der Waals surface area contributed by atoms with Crippen LogP contribution in [-0.2, 0) is 0 Å². The molecule has 0 atom stereocenters.